The second-order valence-corrected chi connectivity index (χ2v) is 2.86. The molecule has 4 nitrogen and oxygen atoms in total. The Morgan fingerprint density at radius 2 is 2.36 bits per heavy atom. The summed E-state index contributed by atoms with van der Waals surface area (Å²) in [6.07, 6.45) is 1.65. The van der Waals surface area contributed by atoms with E-state index < -0.39 is 0 Å². The van der Waals surface area contributed by atoms with E-state index in [0.717, 1.165) is 11.3 Å². The van der Waals surface area contributed by atoms with Crippen LogP contribution in [0.2, 0.25) is 0 Å². The van der Waals surface area contributed by atoms with Crippen molar-refractivity contribution in [2.24, 2.45) is 7.05 Å². The summed E-state index contributed by atoms with van der Waals surface area (Å²) in [4.78, 5) is 4.14. The largest absolute Gasteiger partial charge is 0.496 e. The fourth-order valence-electron chi connectivity index (χ4n) is 1.22. The van der Waals surface area contributed by atoms with Gasteiger partial charge >= 0.3 is 0 Å². The minimum atomic E-state index is 0.630. The smallest absolute Gasteiger partial charge is 0.185 e. The Morgan fingerprint density at radius 3 is 3.00 bits per heavy atom. The molecule has 0 saturated heterocycles. The van der Waals surface area contributed by atoms with Gasteiger partial charge in [0.25, 0.3) is 0 Å². The zero-order valence-corrected chi connectivity index (χ0v) is 8.06. The second-order valence-electron chi connectivity index (χ2n) is 2.86. The van der Waals surface area contributed by atoms with Crippen LogP contribution in [-0.4, -0.2) is 21.9 Å². The fourth-order valence-corrected chi connectivity index (χ4v) is 1.22. The molecule has 71 valence electrons. The van der Waals surface area contributed by atoms with Gasteiger partial charge in [-0.05, 0) is 12.1 Å². The molecule has 0 aliphatic heterocycles. The molecule has 4 heteroatoms. The minimum absolute atomic E-state index is 0.630. The lowest BCUT2D eigenvalue weighted by molar-refractivity contribution is 0.416. The average molecular weight is 188 g/mol. The summed E-state index contributed by atoms with van der Waals surface area (Å²) in [6, 6.07) is 8.60. The molecular weight excluding hydrogens is 178 g/mol. The normalized spacial score (nSPS) is 10.1. The molecule has 0 N–H and O–H groups in total. The fraction of sp³-hybridized carbons (Fsp3) is 0.200. The summed E-state index contributed by atoms with van der Waals surface area (Å²) in [7, 11) is 3.45. The van der Waals surface area contributed by atoms with Crippen LogP contribution in [-0.2, 0) is 7.05 Å². The zero-order valence-electron chi connectivity index (χ0n) is 8.06. The Kier molecular flexibility index (Phi) is 2.18. The summed E-state index contributed by atoms with van der Waals surface area (Å²) in [5, 5.41) is 4.18. The maximum atomic E-state index is 5.19. The minimum Gasteiger partial charge on any atom is -0.496 e. The van der Waals surface area contributed by atoms with Gasteiger partial charge in [0.1, 0.15) is 12.1 Å². The number of methoxy groups -OCH3 is 1. The van der Waals surface area contributed by atoms with E-state index in [-0.39, 0.29) is 0 Å². The van der Waals surface area contributed by atoms with E-state index in [4.69, 9.17) is 4.74 Å². The molecule has 0 aliphatic rings. The van der Waals surface area contributed by atoms with Crippen LogP contribution < -0.4 is 4.74 Å². The zero-order chi connectivity index (χ0) is 9.97. The molecule has 0 saturated carbocycles. The van der Waals surface area contributed by atoms with E-state index in [9.17, 15) is 0 Å². The predicted molar refractivity (Wildman–Crippen MR) is 51.8 cm³/mol. The van der Waals surface area contributed by atoms with Gasteiger partial charge in [0, 0.05) is 7.05 Å². The molecule has 0 fully saturated rings. The summed E-state index contributed by atoms with van der Waals surface area (Å²) >= 11 is 0. The number of ether oxygens (including phenoxy) is 1. The maximum Gasteiger partial charge on any atom is 0.185 e. The average Bonchev–Trinajstić information content (AvgIpc) is 2.65. The first-order valence-electron chi connectivity index (χ1n) is 4.22. The van der Waals surface area contributed by atoms with Gasteiger partial charge < -0.3 is 4.74 Å². The molecule has 2 rings (SSSR count). The third-order valence-corrected chi connectivity index (χ3v) is 1.86. The van der Waals surface area contributed by atoms with Crippen molar-refractivity contribution in [3.63, 3.8) is 0 Å². The highest BCUT2D eigenvalue weighted by molar-refractivity contribution is 5.62. The van der Waals surface area contributed by atoms with E-state index in [1.54, 1.807) is 18.1 Å². The molecule has 1 aromatic carbocycles. The number of hydrogen-bond acceptors (Lipinski definition) is 3. The molecule has 1 aromatic heterocycles. The first kappa shape index (κ1) is 8.74. The van der Waals surface area contributed by atoms with Crippen molar-refractivity contribution < 1.29 is 4.74 Å². The van der Waals surface area contributed by atoms with Crippen molar-refractivity contribution in [1.82, 2.24) is 14.8 Å². The SMILES string of the molecule is COc1ccc[c]c1-c1ncn(C)n1. The molecule has 0 amide bonds. The van der Waals surface area contributed by atoms with Crippen LogP contribution in [0.25, 0.3) is 11.4 Å². The molecule has 0 bridgehead atoms. The van der Waals surface area contributed by atoms with Crippen LogP contribution in [0.3, 0.4) is 0 Å². The molecule has 0 unspecified atom stereocenters. The molecule has 0 spiro atoms. The third-order valence-electron chi connectivity index (χ3n) is 1.86. The van der Waals surface area contributed by atoms with Crippen molar-refractivity contribution >= 4 is 0 Å². The Balaban J connectivity index is 2.50. The van der Waals surface area contributed by atoms with Gasteiger partial charge in [0.2, 0.25) is 0 Å². The number of benzene rings is 1. The van der Waals surface area contributed by atoms with Crippen LogP contribution in [0, 0.1) is 6.07 Å². The lowest BCUT2D eigenvalue weighted by Crippen LogP contribution is -1.91. The number of nitrogens with zero attached hydrogens (tertiary/aromatic N) is 3. The summed E-state index contributed by atoms with van der Waals surface area (Å²) in [5.41, 5.74) is 0.788. The summed E-state index contributed by atoms with van der Waals surface area (Å²) in [6.45, 7) is 0. The van der Waals surface area contributed by atoms with E-state index in [1.165, 1.54) is 0 Å². The Morgan fingerprint density at radius 1 is 1.50 bits per heavy atom. The molecule has 1 heterocycles. The first-order valence-corrected chi connectivity index (χ1v) is 4.22. The van der Waals surface area contributed by atoms with E-state index >= 15 is 0 Å². The van der Waals surface area contributed by atoms with Crippen LogP contribution in [0.15, 0.2) is 24.5 Å². The van der Waals surface area contributed by atoms with Gasteiger partial charge in [-0.15, -0.1) is 0 Å². The molecule has 2 aromatic rings. The monoisotopic (exact) mass is 188 g/mol. The summed E-state index contributed by atoms with van der Waals surface area (Å²) < 4.78 is 6.84. The van der Waals surface area contributed by atoms with Crippen molar-refractivity contribution in [3.05, 3.63) is 30.6 Å². The van der Waals surface area contributed by atoms with Crippen LogP contribution in [0.5, 0.6) is 5.75 Å². The van der Waals surface area contributed by atoms with Gasteiger partial charge in [0.05, 0.1) is 12.7 Å². The van der Waals surface area contributed by atoms with Crippen molar-refractivity contribution in [2.75, 3.05) is 7.11 Å². The Hall–Kier alpha value is -1.84. The number of aryl methyl sites for hydroxylation is 1. The summed E-state index contributed by atoms with van der Waals surface area (Å²) in [5.74, 6) is 1.36. The molecule has 14 heavy (non-hydrogen) atoms. The van der Waals surface area contributed by atoms with Gasteiger partial charge in [-0.25, -0.2) is 4.98 Å². The number of rotatable bonds is 2. The Labute approximate surface area is 82.2 Å². The first-order chi connectivity index (χ1) is 6.81. The lowest BCUT2D eigenvalue weighted by Gasteiger charge is -2.03. The quantitative estimate of drug-likeness (QED) is 0.713. The van der Waals surface area contributed by atoms with Gasteiger partial charge in [-0.3, -0.25) is 4.68 Å². The van der Waals surface area contributed by atoms with Crippen LogP contribution in [0.4, 0.5) is 0 Å². The molecule has 0 aliphatic carbocycles. The highest BCUT2D eigenvalue weighted by atomic mass is 16.5. The van der Waals surface area contributed by atoms with E-state index in [2.05, 4.69) is 16.1 Å². The predicted octanol–water partition coefficient (Wildman–Crippen LogP) is 1.29. The van der Waals surface area contributed by atoms with Gasteiger partial charge in [-0.1, -0.05) is 12.1 Å². The van der Waals surface area contributed by atoms with Crippen LogP contribution >= 0.6 is 0 Å². The molecule has 0 atom stereocenters. The number of hydrogen-bond donors (Lipinski definition) is 0. The number of aromatic nitrogens is 3. The van der Waals surface area contributed by atoms with Crippen molar-refractivity contribution in [3.8, 4) is 17.1 Å². The standard InChI is InChI=1S/C10H10N3O/c1-13-7-11-10(12-13)8-5-3-4-6-9(8)14-2/h3-4,6-7H,1-2H3. The van der Waals surface area contributed by atoms with Crippen LogP contribution in [0.1, 0.15) is 0 Å². The molecular formula is C10H10N3O. The maximum absolute atomic E-state index is 5.19. The second kappa shape index (κ2) is 3.49. The Bertz CT molecular complexity index is 436. The van der Waals surface area contributed by atoms with E-state index in [1.807, 2.05) is 25.2 Å². The molecule has 1 radical (unpaired) electrons. The topological polar surface area (TPSA) is 39.9 Å². The van der Waals surface area contributed by atoms with Gasteiger partial charge in [0.15, 0.2) is 5.82 Å². The van der Waals surface area contributed by atoms with Gasteiger partial charge in [-0.2, -0.15) is 5.10 Å². The van der Waals surface area contributed by atoms with E-state index in [0.29, 0.717) is 5.82 Å². The third kappa shape index (κ3) is 1.46. The van der Waals surface area contributed by atoms with Crippen molar-refractivity contribution in [2.45, 2.75) is 0 Å². The lowest BCUT2D eigenvalue weighted by atomic mass is 10.2. The highest BCUT2D eigenvalue weighted by Gasteiger charge is 2.08. The van der Waals surface area contributed by atoms with Crippen molar-refractivity contribution in [1.29, 1.82) is 0 Å². The highest BCUT2D eigenvalue weighted by Crippen LogP contribution is 2.25.